The third kappa shape index (κ3) is 4.13. The summed E-state index contributed by atoms with van der Waals surface area (Å²) in [5.74, 6) is 1.89. The molecule has 0 saturated carbocycles. The highest BCUT2D eigenvalue weighted by molar-refractivity contribution is 6.17. The molecule has 0 amide bonds. The maximum atomic E-state index is 5.77. The first-order valence-corrected chi connectivity index (χ1v) is 7.29. The molecule has 3 nitrogen and oxygen atoms in total. The molecule has 1 aromatic heterocycles. The van der Waals surface area contributed by atoms with Crippen LogP contribution in [0.2, 0.25) is 0 Å². The van der Waals surface area contributed by atoms with E-state index in [0.29, 0.717) is 17.8 Å². The number of hydrogen-bond donors (Lipinski definition) is 0. The van der Waals surface area contributed by atoms with Crippen molar-refractivity contribution in [1.82, 2.24) is 9.97 Å². The predicted molar refractivity (Wildman–Crippen MR) is 78.1 cm³/mol. The summed E-state index contributed by atoms with van der Waals surface area (Å²) in [7, 11) is 0. The number of anilines is 1. The molecule has 1 rings (SSSR count). The van der Waals surface area contributed by atoms with Gasteiger partial charge in [-0.25, -0.2) is 9.97 Å². The van der Waals surface area contributed by atoms with Crippen LogP contribution in [0.4, 0.5) is 5.95 Å². The van der Waals surface area contributed by atoms with Gasteiger partial charge in [-0.15, -0.1) is 11.6 Å². The Labute approximate surface area is 116 Å². The van der Waals surface area contributed by atoms with Gasteiger partial charge >= 0.3 is 0 Å². The van der Waals surface area contributed by atoms with Crippen molar-refractivity contribution in [2.45, 2.75) is 52.5 Å². The third-order valence-corrected chi connectivity index (χ3v) is 3.36. The van der Waals surface area contributed by atoms with Crippen molar-refractivity contribution in [3.8, 4) is 0 Å². The second-order valence-electron chi connectivity index (χ2n) is 5.04. The third-order valence-electron chi connectivity index (χ3n) is 3.05. The Morgan fingerprint density at radius 1 is 1.17 bits per heavy atom. The van der Waals surface area contributed by atoms with E-state index in [0.717, 1.165) is 30.9 Å². The van der Waals surface area contributed by atoms with E-state index < -0.39 is 0 Å². The zero-order valence-electron chi connectivity index (χ0n) is 11.9. The van der Waals surface area contributed by atoms with E-state index in [1.807, 2.05) is 12.4 Å². The van der Waals surface area contributed by atoms with Crippen molar-refractivity contribution in [3.63, 3.8) is 0 Å². The normalized spacial score (nSPS) is 11.3. The fraction of sp³-hybridized carbons (Fsp3) is 0.714. The van der Waals surface area contributed by atoms with Crippen molar-refractivity contribution >= 4 is 17.5 Å². The summed E-state index contributed by atoms with van der Waals surface area (Å²) in [4.78, 5) is 11.2. The molecule has 0 bridgehead atoms. The summed E-state index contributed by atoms with van der Waals surface area (Å²) >= 11 is 5.77. The fourth-order valence-electron chi connectivity index (χ4n) is 2.08. The van der Waals surface area contributed by atoms with Crippen molar-refractivity contribution in [2.24, 2.45) is 5.92 Å². The largest absolute Gasteiger partial charge is 0.338 e. The second kappa shape index (κ2) is 7.57. The smallest absolute Gasteiger partial charge is 0.225 e. The predicted octanol–water partition coefficient (Wildman–Crippen LogP) is 3.87. The van der Waals surface area contributed by atoms with Gasteiger partial charge in [-0.3, -0.25) is 0 Å². The number of nitrogens with zero attached hydrogens (tertiary/aromatic N) is 3. The van der Waals surface area contributed by atoms with Crippen LogP contribution in [-0.4, -0.2) is 22.6 Å². The van der Waals surface area contributed by atoms with Gasteiger partial charge in [0.25, 0.3) is 0 Å². The molecule has 0 aliphatic heterocycles. The molecule has 0 aliphatic carbocycles. The van der Waals surface area contributed by atoms with Crippen LogP contribution in [0.15, 0.2) is 12.4 Å². The van der Waals surface area contributed by atoms with Crippen LogP contribution < -0.4 is 4.90 Å². The van der Waals surface area contributed by atoms with E-state index in [4.69, 9.17) is 11.6 Å². The fourth-order valence-corrected chi connectivity index (χ4v) is 2.22. The van der Waals surface area contributed by atoms with Gasteiger partial charge in [0.2, 0.25) is 5.95 Å². The number of aromatic nitrogens is 2. The van der Waals surface area contributed by atoms with Crippen LogP contribution in [-0.2, 0) is 5.88 Å². The molecule has 0 N–H and O–H groups in total. The van der Waals surface area contributed by atoms with Gasteiger partial charge in [-0.05, 0) is 18.8 Å². The molecule has 18 heavy (non-hydrogen) atoms. The second-order valence-corrected chi connectivity index (χ2v) is 5.31. The van der Waals surface area contributed by atoms with E-state index >= 15 is 0 Å². The Balaban J connectivity index is 2.92. The van der Waals surface area contributed by atoms with Crippen molar-refractivity contribution in [2.75, 3.05) is 11.4 Å². The highest BCUT2D eigenvalue weighted by Gasteiger charge is 2.19. The molecule has 0 saturated heterocycles. The van der Waals surface area contributed by atoms with Crippen LogP contribution >= 0.6 is 11.6 Å². The van der Waals surface area contributed by atoms with E-state index in [2.05, 4.69) is 42.6 Å². The standard InChI is InChI=1S/C14H24ClN3/c1-5-13(6-2)18(10-11(3)4)14-16-8-12(7-15)9-17-14/h8-9,11,13H,5-7,10H2,1-4H3. The van der Waals surface area contributed by atoms with Crippen LogP contribution in [0.25, 0.3) is 0 Å². The minimum absolute atomic E-state index is 0.468. The lowest BCUT2D eigenvalue weighted by Crippen LogP contribution is -2.38. The number of hydrogen-bond acceptors (Lipinski definition) is 3. The van der Waals surface area contributed by atoms with E-state index in [1.54, 1.807) is 0 Å². The lowest BCUT2D eigenvalue weighted by molar-refractivity contribution is 0.498. The number of halogens is 1. The quantitative estimate of drug-likeness (QED) is 0.704. The molecule has 0 unspecified atom stereocenters. The average molecular weight is 270 g/mol. The van der Waals surface area contributed by atoms with Crippen LogP contribution in [0, 0.1) is 5.92 Å². The minimum Gasteiger partial charge on any atom is -0.338 e. The Bertz CT molecular complexity index is 333. The summed E-state index contributed by atoms with van der Waals surface area (Å²) in [5.41, 5.74) is 0.967. The van der Waals surface area contributed by atoms with Crippen molar-refractivity contribution in [3.05, 3.63) is 18.0 Å². The Hall–Kier alpha value is -0.830. The van der Waals surface area contributed by atoms with E-state index in [-0.39, 0.29) is 0 Å². The highest BCUT2D eigenvalue weighted by atomic mass is 35.5. The average Bonchev–Trinajstić information content (AvgIpc) is 2.38. The summed E-state index contributed by atoms with van der Waals surface area (Å²) in [6.07, 6.45) is 5.88. The lowest BCUT2D eigenvalue weighted by atomic mass is 10.1. The first kappa shape index (κ1) is 15.2. The van der Waals surface area contributed by atoms with Gasteiger partial charge in [-0.2, -0.15) is 0 Å². The van der Waals surface area contributed by atoms with Gasteiger partial charge in [0.05, 0.1) is 5.88 Å². The topological polar surface area (TPSA) is 29.0 Å². The van der Waals surface area contributed by atoms with Gasteiger partial charge in [0, 0.05) is 30.5 Å². The first-order chi connectivity index (χ1) is 8.62. The molecule has 102 valence electrons. The molecular weight excluding hydrogens is 246 g/mol. The van der Waals surface area contributed by atoms with Gasteiger partial charge in [-0.1, -0.05) is 27.7 Å². The molecule has 0 radical (unpaired) electrons. The molecule has 0 aliphatic rings. The van der Waals surface area contributed by atoms with Crippen LogP contribution in [0.3, 0.4) is 0 Å². The summed E-state index contributed by atoms with van der Waals surface area (Å²) in [5, 5.41) is 0. The minimum atomic E-state index is 0.468. The molecular formula is C14H24ClN3. The Kier molecular flexibility index (Phi) is 6.41. The molecule has 1 aromatic rings. The molecule has 0 spiro atoms. The van der Waals surface area contributed by atoms with Crippen molar-refractivity contribution in [1.29, 1.82) is 0 Å². The maximum Gasteiger partial charge on any atom is 0.225 e. The van der Waals surface area contributed by atoms with Crippen molar-refractivity contribution < 1.29 is 0 Å². The first-order valence-electron chi connectivity index (χ1n) is 6.75. The SMILES string of the molecule is CCC(CC)N(CC(C)C)c1ncc(CCl)cn1. The molecule has 4 heteroatoms. The number of rotatable bonds is 7. The molecule has 0 atom stereocenters. The lowest BCUT2D eigenvalue weighted by Gasteiger charge is -2.32. The van der Waals surface area contributed by atoms with Crippen LogP contribution in [0.1, 0.15) is 46.1 Å². The van der Waals surface area contributed by atoms with Crippen LogP contribution in [0.5, 0.6) is 0 Å². The van der Waals surface area contributed by atoms with Gasteiger partial charge in [0.15, 0.2) is 0 Å². The maximum absolute atomic E-state index is 5.77. The molecule has 1 heterocycles. The Morgan fingerprint density at radius 2 is 1.72 bits per heavy atom. The summed E-state index contributed by atoms with van der Waals surface area (Å²) in [6, 6.07) is 0.509. The summed E-state index contributed by atoms with van der Waals surface area (Å²) in [6.45, 7) is 9.88. The molecule has 0 fully saturated rings. The monoisotopic (exact) mass is 269 g/mol. The molecule has 0 aromatic carbocycles. The van der Waals surface area contributed by atoms with E-state index in [9.17, 15) is 0 Å². The van der Waals surface area contributed by atoms with Gasteiger partial charge < -0.3 is 4.90 Å². The van der Waals surface area contributed by atoms with E-state index in [1.165, 1.54) is 0 Å². The Morgan fingerprint density at radius 3 is 2.11 bits per heavy atom. The summed E-state index contributed by atoms with van der Waals surface area (Å²) < 4.78 is 0. The number of alkyl halides is 1. The highest BCUT2D eigenvalue weighted by Crippen LogP contribution is 2.18. The van der Waals surface area contributed by atoms with Gasteiger partial charge in [0.1, 0.15) is 0 Å². The zero-order chi connectivity index (χ0) is 13.5. The zero-order valence-corrected chi connectivity index (χ0v) is 12.6.